The molecule has 8 heteroatoms. The molecule has 0 saturated heterocycles. The fourth-order valence-corrected chi connectivity index (χ4v) is 3.25. The molecule has 0 bridgehead atoms. The van der Waals surface area contributed by atoms with Crippen LogP contribution in [0.3, 0.4) is 0 Å². The second kappa shape index (κ2) is 14.1. The molecule has 3 aromatic rings. The van der Waals surface area contributed by atoms with Crippen LogP contribution in [0.25, 0.3) is 0 Å². The van der Waals surface area contributed by atoms with Gasteiger partial charge in [-0.2, -0.15) is 0 Å². The van der Waals surface area contributed by atoms with E-state index in [1.165, 1.54) is 0 Å². The Bertz CT molecular complexity index is 1140. The van der Waals surface area contributed by atoms with Gasteiger partial charge in [0.2, 0.25) is 5.91 Å². The number of carbonyl (C=O) groups is 4. The number of ether oxygens (including phenoxy) is 2. The van der Waals surface area contributed by atoms with Crippen LogP contribution >= 0.6 is 0 Å². The first-order valence-electron chi connectivity index (χ1n) is 11.5. The highest BCUT2D eigenvalue weighted by Crippen LogP contribution is 2.08. The largest absolute Gasteiger partial charge is 0.461 e. The lowest BCUT2D eigenvalue weighted by molar-refractivity contribution is -0.150. The minimum atomic E-state index is -1.08. The summed E-state index contributed by atoms with van der Waals surface area (Å²) in [4.78, 5) is 49.6. The predicted molar refractivity (Wildman–Crippen MR) is 132 cm³/mol. The molecule has 1 atom stereocenters. The van der Waals surface area contributed by atoms with E-state index in [9.17, 15) is 19.2 Å². The summed E-state index contributed by atoms with van der Waals surface area (Å²) in [5.41, 5.74) is 2.03. The summed E-state index contributed by atoms with van der Waals surface area (Å²) in [7, 11) is 0. The van der Waals surface area contributed by atoms with Gasteiger partial charge in [-0.05, 0) is 29.7 Å². The lowest BCUT2D eigenvalue weighted by atomic mass is 10.1. The molecule has 3 rings (SSSR count). The van der Waals surface area contributed by atoms with Crippen molar-refractivity contribution in [3.63, 3.8) is 0 Å². The maximum atomic E-state index is 12.7. The highest BCUT2D eigenvalue weighted by Gasteiger charge is 2.24. The van der Waals surface area contributed by atoms with Crippen molar-refractivity contribution >= 4 is 23.8 Å². The number of hydrogen-bond donors (Lipinski definition) is 2. The molecule has 0 saturated carbocycles. The predicted octanol–water partition coefficient (Wildman–Crippen LogP) is 3.17. The van der Waals surface area contributed by atoms with E-state index in [4.69, 9.17) is 9.47 Å². The van der Waals surface area contributed by atoms with Gasteiger partial charge in [-0.1, -0.05) is 78.9 Å². The van der Waals surface area contributed by atoms with Crippen LogP contribution in [-0.4, -0.2) is 36.3 Å². The molecule has 0 radical (unpaired) electrons. The quantitative estimate of drug-likeness (QED) is 0.379. The van der Waals surface area contributed by atoms with E-state index < -0.39 is 29.8 Å². The van der Waals surface area contributed by atoms with E-state index in [0.29, 0.717) is 5.56 Å². The van der Waals surface area contributed by atoms with Gasteiger partial charge in [0.15, 0.2) is 0 Å². The van der Waals surface area contributed by atoms with Crippen molar-refractivity contribution in [3.05, 3.63) is 108 Å². The minimum absolute atomic E-state index is 0.0143. The SMILES string of the molecule is O=C(CNC(=O)c1ccccc1)N[C@@H](CCC(=O)OCc1ccccc1)C(=O)OCc1ccccc1. The second-order valence-corrected chi connectivity index (χ2v) is 7.95. The number of rotatable bonds is 12. The normalized spacial score (nSPS) is 11.1. The molecule has 2 N–H and O–H groups in total. The molecule has 0 fully saturated rings. The van der Waals surface area contributed by atoms with Gasteiger partial charge in [0.05, 0.1) is 6.54 Å². The second-order valence-electron chi connectivity index (χ2n) is 7.95. The molecule has 0 aliphatic carbocycles. The third-order valence-electron chi connectivity index (χ3n) is 5.17. The van der Waals surface area contributed by atoms with Crippen LogP contribution < -0.4 is 10.6 Å². The zero-order valence-corrected chi connectivity index (χ0v) is 19.7. The Hall–Kier alpha value is -4.46. The van der Waals surface area contributed by atoms with E-state index in [-0.39, 0.29) is 32.6 Å². The fraction of sp³-hybridized carbons (Fsp3) is 0.214. The minimum Gasteiger partial charge on any atom is -0.461 e. The fourth-order valence-electron chi connectivity index (χ4n) is 3.25. The third-order valence-corrected chi connectivity index (χ3v) is 5.17. The molecular weight excluding hydrogens is 460 g/mol. The Morgan fingerprint density at radius 2 is 1.22 bits per heavy atom. The first kappa shape index (κ1) is 26.2. The number of carbonyl (C=O) groups excluding carboxylic acids is 4. The maximum Gasteiger partial charge on any atom is 0.328 e. The van der Waals surface area contributed by atoms with E-state index >= 15 is 0 Å². The molecule has 8 nitrogen and oxygen atoms in total. The van der Waals surface area contributed by atoms with Crippen molar-refractivity contribution in [2.24, 2.45) is 0 Å². The summed E-state index contributed by atoms with van der Waals surface area (Å²) < 4.78 is 10.6. The van der Waals surface area contributed by atoms with Gasteiger partial charge < -0.3 is 20.1 Å². The molecule has 36 heavy (non-hydrogen) atoms. The molecule has 2 amide bonds. The number of benzene rings is 3. The van der Waals surface area contributed by atoms with Crippen LogP contribution in [0.5, 0.6) is 0 Å². The summed E-state index contributed by atoms with van der Waals surface area (Å²) in [6.45, 7) is -0.204. The molecular formula is C28H28N2O6. The van der Waals surface area contributed by atoms with Crippen LogP contribution in [0.2, 0.25) is 0 Å². The van der Waals surface area contributed by atoms with E-state index in [0.717, 1.165) is 11.1 Å². The molecule has 0 spiro atoms. The number of nitrogens with one attached hydrogen (secondary N) is 2. The first-order valence-corrected chi connectivity index (χ1v) is 11.5. The highest BCUT2D eigenvalue weighted by molar-refractivity contribution is 5.96. The van der Waals surface area contributed by atoms with Gasteiger partial charge >= 0.3 is 11.9 Å². The van der Waals surface area contributed by atoms with Gasteiger partial charge in [0.1, 0.15) is 19.3 Å². The van der Waals surface area contributed by atoms with Gasteiger partial charge in [0, 0.05) is 12.0 Å². The summed E-state index contributed by atoms with van der Waals surface area (Å²) in [6.07, 6.45) is -0.117. The summed E-state index contributed by atoms with van der Waals surface area (Å²) in [6, 6.07) is 25.7. The molecule has 0 aliphatic heterocycles. The lowest BCUT2D eigenvalue weighted by Gasteiger charge is -2.18. The van der Waals surface area contributed by atoms with Crippen molar-refractivity contribution < 1.29 is 28.7 Å². The van der Waals surface area contributed by atoms with Crippen LogP contribution in [0.15, 0.2) is 91.0 Å². The Balaban J connectivity index is 1.53. The van der Waals surface area contributed by atoms with Crippen LogP contribution in [-0.2, 0) is 37.1 Å². The summed E-state index contributed by atoms with van der Waals surface area (Å²) in [5.74, 6) is -2.19. The lowest BCUT2D eigenvalue weighted by Crippen LogP contribution is -2.46. The van der Waals surface area contributed by atoms with Crippen LogP contribution in [0.1, 0.15) is 34.3 Å². The van der Waals surface area contributed by atoms with Crippen molar-refractivity contribution in [1.82, 2.24) is 10.6 Å². The van der Waals surface area contributed by atoms with Crippen molar-refractivity contribution in [1.29, 1.82) is 0 Å². The third kappa shape index (κ3) is 9.06. The van der Waals surface area contributed by atoms with Gasteiger partial charge in [-0.3, -0.25) is 14.4 Å². The Morgan fingerprint density at radius 1 is 0.694 bits per heavy atom. The average molecular weight is 489 g/mol. The topological polar surface area (TPSA) is 111 Å². The highest BCUT2D eigenvalue weighted by atomic mass is 16.5. The van der Waals surface area contributed by atoms with Gasteiger partial charge in [0.25, 0.3) is 5.91 Å². The van der Waals surface area contributed by atoms with Gasteiger partial charge in [-0.15, -0.1) is 0 Å². The molecule has 0 unspecified atom stereocenters. The number of amides is 2. The van der Waals surface area contributed by atoms with Crippen molar-refractivity contribution in [2.75, 3.05) is 6.54 Å². The standard InChI is InChI=1S/C28H28N2O6/c31-25(18-29-27(33)23-14-8-3-9-15-23)30-24(28(34)36-20-22-12-6-2-7-13-22)16-17-26(32)35-19-21-10-4-1-5-11-21/h1-15,24H,16-20H2,(H,29,33)(H,30,31)/t24-/m0/s1. The first-order chi connectivity index (χ1) is 17.5. The van der Waals surface area contributed by atoms with Crippen LogP contribution in [0.4, 0.5) is 0 Å². The molecule has 3 aromatic carbocycles. The Kier molecular flexibility index (Phi) is 10.2. The average Bonchev–Trinajstić information content (AvgIpc) is 2.93. The maximum absolute atomic E-state index is 12.7. The van der Waals surface area contributed by atoms with E-state index in [1.807, 2.05) is 48.5 Å². The molecule has 0 aliphatic rings. The van der Waals surface area contributed by atoms with E-state index in [2.05, 4.69) is 10.6 Å². The Morgan fingerprint density at radius 3 is 1.81 bits per heavy atom. The molecule has 0 aromatic heterocycles. The van der Waals surface area contributed by atoms with Crippen molar-refractivity contribution in [2.45, 2.75) is 32.1 Å². The monoisotopic (exact) mass is 488 g/mol. The van der Waals surface area contributed by atoms with Crippen LogP contribution in [0, 0.1) is 0 Å². The summed E-state index contributed by atoms with van der Waals surface area (Å²) >= 11 is 0. The molecule has 0 heterocycles. The zero-order chi connectivity index (χ0) is 25.6. The van der Waals surface area contributed by atoms with Crippen molar-refractivity contribution in [3.8, 4) is 0 Å². The Labute approximate surface area is 209 Å². The van der Waals surface area contributed by atoms with E-state index in [1.54, 1.807) is 42.5 Å². The number of esters is 2. The summed E-state index contributed by atoms with van der Waals surface area (Å²) in [5, 5.41) is 5.06. The number of hydrogen-bond acceptors (Lipinski definition) is 6. The molecule has 186 valence electrons. The zero-order valence-electron chi connectivity index (χ0n) is 19.7. The smallest absolute Gasteiger partial charge is 0.328 e. The van der Waals surface area contributed by atoms with Gasteiger partial charge in [-0.25, -0.2) is 4.79 Å².